The molecular weight excluding hydrogens is 518 g/mol. The molecule has 0 aliphatic heterocycles. The van der Waals surface area contributed by atoms with Crippen molar-refractivity contribution in [1.29, 1.82) is 0 Å². The van der Waals surface area contributed by atoms with E-state index < -0.39 is 0 Å². The lowest BCUT2D eigenvalue weighted by Gasteiger charge is -2.34. The lowest BCUT2D eigenvalue weighted by Crippen LogP contribution is -2.48. The van der Waals surface area contributed by atoms with Gasteiger partial charge in [-0.25, -0.2) is 0 Å². The van der Waals surface area contributed by atoms with Crippen molar-refractivity contribution >= 4 is 11.8 Å². The maximum absolute atomic E-state index is 14.0. The van der Waals surface area contributed by atoms with E-state index in [0.717, 1.165) is 18.7 Å². The molecule has 2 unspecified atom stereocenters. The Morgan fingerprint density at radius 2 is 1.46 bits per heavy atom. The fraction of sp³-hybridized carbons (Fsp3) is 0.455. The Balaban J connectivity index is 1.89. The molecule has 8 heteroatoms. The molecule has 3 aromatic rings. The first-order valence-electron chi connectivity index (χ1n) is 14.3. The first-order chi connectivity index (χ1) is 19.7. The summed E-state index contributed by atoms with van der Waals surface area (Å²) in [6.07, 6.45) is 3.56. The van der Waals surface area contributed by atoms with Gasteiger partial charge in [0.25, 0.3) is 5.91 Å². The van der Waals surface area contributed by atoms with E-state index in [9.17, 15) is 9.59 Å². The lowest BCUT2D eigenvalue weighted by molar-refractivity contribution is -0.135. The van der Waals surface area contributed by atoms with Gasteiger partial charge in [-0.1, -0.05) is 38.1 Å². The maximum Gasteiger partial charge on any atom is 0.254 e. The predicted octanol–water partition coefficient (Wildman–Crippen LogP) is 5.94. The third-order valence-electron chi connectivity index (χ3n) is 7.90. The van der Waals surface area contributed by atoms with Crippen LogP contribution >= 0.6 is 0 Å². The van der Waals surface area contributed by atoms with Crippen LogP contribution in [0.2, 0.25) is 0 Å². The molecule has 2 aromatic carbocycles. The molecule has 1 aromatic heterocycles. The number of benzene rings is 2. The summed E-state index contributed by atoms with van der Waals surface area (Å²) < 4.78 is 18.6. The van der Waals surface area contributed by atoms with Gasteiger partial charge in [0.05, 0.1) is 27.9 Å². The van der Waals surface area contributed by atoms with Crippen LogP contribution in [0.25, 0.3) is 0 Å². The molecule has 0 radical (unpaired) electrons. The number of carbonyl (C=O) groups excluding carboxylic acids is 2. The first kappa shape index (κ1) is 31.6. The summed E-state index contributed by atoms with van der Waals surface area (Å²) in [7, 11) is 4.55. The van der Waals surface area contributed by atoms with Crippen molar-refractivity contribution in [3.05, 3.63) is 77.1 Å². The average molecular weight is 564 g/mol. The molecular formula is C33H45N3O5. The lowest BCUT2D eigenvalue weighted by atomic mass is 10.1. The van der Waals surface area contributed by atoms with Crippen molar-refractivity contribution in [3.63, 3.8) is 0 Å². The Morgan fingerprint density at radius 1 is 0.854 bits per heavy atom. The highest BCUT2D eigenvalue weighted by molar-refractivity contribution is 5.98. The van der Waals surface area contributed by atoms with Crippen LogP contribution in [0, 0.1) is 6.92 Å². The molecule has 0 N–H and O–H groups in total. The number of aryl methyl sites for hydroxylation is 1. The fourth-order valence-corrected chi connectivity index (χ4v) is 4.86. The molecule has 0 aliphatic rings. The zero-order chi connectivity index (χ0) is 30.1. The number of aromatic nitrogens is 1. The van der Waals surface area contributed by atoms with E-state index >= 15 is 0 Å². The zero-order valence-electron chi connectivity index (χ0n) is 25.8. The van der Waals surface area contributed by atoms with E-state index in [1.54, 1.807) is 17.0 Å². The highest BCUT2D eigenvalue weighted by atomic mass is 16.5. The van der Waals surface area contributed by atoms with Gasteiger partial charge in [0, 0.05) is 36.1 Å². The van der Waals surface area contributed by atoms with Gasteiger partial charge >= 0.3 is 0 Å². The SMILES string of the molecule is CCC(C)N(Cc1cccn1Cc1ccccc1C)C(=O)CN(C(=O)c1cc(OC)c(OC)c(OC)c1)C(C)CC. The summed E-state index contributed by atoms with van der Waals surface area (Å²) in [5.74, 6) is 0.833. The van der Waals surface area contributed by atoms with Crippen molar-refractivity contribution in [2.75, 3.05) is 27.9 Å². The van der Waals surface area contributed by atoms with Crippen LogP contribution in [0.5, 0.6) is 17.2 Å². The summed E-state index contributed by atoms with van der Waals surface area (Å²) in [5.41, 5.74) is 3.89. The Bertz CT molecular complexity index is 1290. The number of ether oxygens (including phenoxy) is 3. The second kappa shape index (κ2) is 14.6. The van der Waals surface area contributed by atoms with Crippen LogP contribution in [0.3, 0.4) is 0 Å². The van der Waals surface area contributed by atoms with Gasteiger partial charge in [-0.15, -0.1) is 0 Å². The molecule has 0 bridgehead atoms. The summed E-state index contributed by atoms with van der Waals surface area (Å²) in [6.45, 7) is 11.4. The van der Waals surface area contributed by atoms with Crippen LogP contribution < -0.4 is 14.2 Å². The number of carbonyl (C=O) groups is 2. The van der Waals surface area contributed by atoms with E-state index in [1.165, 1.54) is 32.5 Å². The van der Waals surface area contributed by atoms with Crippen LogP contribution in [0.15, 0.2) is 54.7 Å². The standard InChI is InChI=1S/C33H45N3O5/c1-9-24(4)35(21-28-16-13-17-34(28)20-26-15-12-11-14-23(26)3)31(37)22-36(25(5)10-2)33(38)27-18-29(39-6)32(41-8)30(19-27)40-7/h11-19,24-25H,9-10,20-22H2,1-8H3. The van der Waals surface area contributed by atoms with Crippen molar-refractivity contribution in [3.8, 4) is 17.2 Å². The van der Waals surface area contributed by atoms with Crippen LogP contribution in [-0.4, -0.2) is 66.1 Å². The van der Waals surface area contributed by atoms with Crippen LogP contribution in [-0.2, 0) is 17.9 Å². The van der Waals surface area contributed by atoms with Gasteiger partial charge in [0.15, 0.2) is 11.5 Å². The highest BCUT2D eigenvalue weighted by Gasteiger charge is 2.29. The zero-order valence-corrected chi connectivity index (χ0v) is 25.8. The molecule has 0 saturated carbocycles. The molecule has 0 spiro atoms. The van der Waals surface area contributed by atoms with Gasteiger partial charge in [-0.2, -0.15) is 0 Å². The number of nitrogens with zero attached hydrogens (tertiary/aromatic N) is 3. The average Bonchev–Trinajstić information content (AvgIpc) is 3.43. The third-order valence-corrected chi connectivity index (χ3v) is 7.90. The van der Waals surface area contributed by atoms with Gasteiger partial charge in [-0.3, -0.25) is 9.59 Å². The topological polar surface area (TPSA) is 73.2 Å². The number of rotatable bonds is 14. The number of amides is 2. The summed E-state index contributed by atoms with van der Waals surface area (Å²) in [4.78, 5) is 31.4. The predicted molar refractivity (Wildman–Crippen MR) is 162 cm³/mol. The highest BCUT2D eigenvalue weighted by Crippen LogP contribution is 2.38. The van der Waals surface area contributed by atoms with Crippen molar-refractivity contribution < 1.29 is 23.8 Å². The van der Waals surface area contributed by atoms with Crippen LogP contribution in [0.4, 0.5) is 0 Å². The first-order valence-corrected chi connectivity index (χ1v) is 14.3. The molecule has 41 heavy (non-hydrogen) atoms. The van der Waals surface area contributed by atoms with Gasteiger partial charge in [0.1, 0.15) is 6.54 Å². The molecule has 0 fully saturated rings. The molecule has 2 amide bonds. The van der Waals surface area contributed by atoms with Crippen LogP contribution in [0.1, 0.15) is 67.7 Å². The van der Waals surface area contributed by atoms with Gasteiger partial charge in [-0.05, 0) is 69.0 Å². The molecule has 3 rings (SSSR count). The normalized spacial score (nSPS) is 12.4. The molecule has 0 aliphatic carbocycles. The Morgan fingerprint density at radius 3 is 2.02 bits per heavy atom. The van der Waals surface area contributed by atoms with E-state index in [-0.39, 0.29) is 30.4 Å². The fourth-order valence-electron chi connectivity index (χ4n) is 4.86. The summed E-state index contributed by atoms with van der Waals surface area (Å²) >= 11 is 0. The number of hydrogen-bond acceptors (Lipinski definition) is 5. The molecule has 8 nitrogen and oxygen atoms in total. The largest absolute Gasteiger partial charge is 0.493 e. The third kappa shape index (κ3) is 7.43. The van der Waals surface area contributed by atoms with Crippen molar-refractivity contribution in [2.24, 2.45) is 0 Å². The number of hydrogen-bond donors (Lipinski definition) is 0. The quantitative estimate of drug-likeness (QED) is 0.243. The van der Waals surface area contributed by atoms with E-state index in [0.29, 0.717) is 35.8 Å². The van der Waals surface area contributed by atoms with Gasteiger partial charge in [0.2, 0.25) is 11.7 Å². The van der Waals surface area contributed by atoms with E-state index in [4.69, 9.17) is 14.2 Å². The smallest absolute Gasteiger partial charge is 0.254 e. The monoisotopic (exact) mass is 563 g/mol. The maximum atomic E-state index is 14.0. The second-order valence-electron chi connectivity index (χ2n) is 10.4. The van der Waals surface area contributed by atoms with Crippen molar-refractivity contribution in [2.45, 2.75) is 72.6 Å². The minimum Gasteiger partial charge on any atom is -0.493 e. The van der Waals surface area contributed by atoms with E-state index in [2.05, 4.69) is 55.8 Å². The van der Waals surface area contributed by atoms with E-state index in [1.807, 2.05) is 30.9 Å². The molecule has 0 saturated heterocycles. The van der Waals surface area contributed by atoms with Gasteiger partial charge < -0.3 is 28.6 Å². The molecule has 222 valence electrons. The molecule has 1 heterocycles. The Labute approximate surface area is 244 Å². The minimum atomic E-state index is -0.265. The van der Waals surface area contributed by atoms with Crippen molar-refractivity contribution in [1.82, 2.24) is 14.4 Å². The Hall–Kier alpha value is -3.94. The second-order valence-corrected chi connectivity index (χ2v) is 10.4. The number of methoxy groups -OCH3 is 3. The Kier molecular flexibility index (Phi) is 11.3. The summed E-state index contributed by atoms with van der Waals surface area (Å²) in [6, 6.07) is 15.5. The molecule has 2 atom stereocenters. The summed E-state index contributed by atoms with van der Waals surface area (Å²) in [5, 5.41) is 0. The minimum absolute atomic E-state index is 0.000583.